The van der Waals surface area contributed by atoms with E-state index in [1.54, 1.807) is 17.8 Å². The molecular formula is C11H17N3OS. The summed E-state index contributed by atoms with van der Waals surface area (Å²) < 4.78 is 0. The number of nitrogens with zero attached hydrogens (tertiary/aromatic N) is 1. The third-order valence-corrected chi connectivity index (χ3v) is 3.24. The number of carbonyl (C=O) groups is 1. The fourth-order valence-corrected chi connectivity index (χ4v) is 1.44. The fraction of sp³-hybridized carbons (Fsp3) is 0.455. The first-order valence-corrected chi connectivity index (χ1v) is 6.36. The molecule has 3 N–H and O–H groups in total. The fourth-order valence-electron chi connectivity index (χ4n) is 1.19. The first kappa shape index (κ1) is 12.8. The molecule has 5 heteroatoms. The van der Waals surface area contributed by atoms with Gasteiger partial charge in [0.05, 0.1) is 5.56 Å². The second-order valence-electron chi connectivity index (χ2n) is 3.67. The number of pyridine rings is 1. The van der Waals surface area contributed by atoms with Crippen LogP contribution in [0.2, 0.25) is 0 Å². The molecule has 0 aromatic carbocycles. The lowest BCUT2D eigenvalue weighted by Crippen LogP contribution is -2.30. The van der Waals surface area contributed by atoms with Crippen molar-refractivity contribution in [3.63, 3.8) is 0 Å². The van der Waals surface area contributed by atoms with Gasteiger partial charge >= 0.3 is 0 Å². The molecule has 1 atom stereocenters. The number of nitrogen functional groups attached to an aromatic ring is 1. The lowest BCUT2D eigenvalue weighted by molar-refractivity contribution is 0.0954. The highest BCUT2D eigenvalue weighted by molar-refractivity contribution is 7.99. The first-order valence-electron chi connectivity index (χ1n) is 5.07. The molecule has 1 aromatic rings. The minimum Gasteiger partial charge on any atom is -0.398 e. The molecule has 0 spiro atoms. The van der Waals surface area contributed by atoms with Crippen LogP contribution >= 0.6 is 11.8 Å². The third kappa shape index (κ3) is 3.41. The summed E-state index contributed by atoms with van der Waals surface area (Å²) in [6.07, 6.45) is 3.53. The second kappa shape index (κ2) is 5.75. The molecule has 0 aliphatic heterocycles. The Balaban J connectivity index is 2.66. The lowest BCUT2D eigenvalue weighted by Gasteiger charge is -2.11. The van der Waals surface area contributed by atoms with E-state index >= 15 is 0 Å². The van der Waals surface area contributed by atoms with E-state index < -0.39 is 0 Å². The Morgan fingerprint density at radius 3 is 2.94 bits per heavy atom. The van der Waals surface area contributed by atoms with Crippen LogP contribution in [0.5, 0.6) is 0 Å². The van der Waals surface area contributed by atoms with Crippen molar-refractivity contribution in [2.24, 2.45) is 0 Å². The Morgan fingerprint density at radius 1 is 1.69 bits per heavy atom. The van der Waals surface area contributed by atoms with Crippen molar-refractivity contribution in [3.8, 4) is 0 Å². The number of nitrogens with two attached hydrogens (primary N) is 1. The van der Waals surface area contributed by atoms with Gasteiger partial charge in [-0.2, -0.15) is 11.8 Å². The topological polar surface area (TPSA) is 68.0 Å². The largest absolute Gasteiger partial charge is 0.398 e. The highest BCUT2D eigenvalue weighted by Crippen LogP contribution is 2.11. The molecule has 16 heavy (non-hydrogen) atoms. The van der Waals surface area contributed by atoms with Gasteiger partial charge in [-0.3, -0.25) is 9.78 Å². The number of amides is 1. The van der Waals surface area contributed by atoms with Crippen molar-refractivity contribution in [2.75, 3.05) is 18.5 Å². The molecule has 0 aliphatic carbocycles. The molecule has 0 fully saturated rings. The van der Waals surface area contributed by atoms with Crippen molar-refractivity contribution < 1.29 is 4.79 Å². The van der Waals surface area contributed by atoms with Gasteiger partial charge in [-0.15, -0.1) is 0 Å². The van der Waals surface area contributed by atoms with Crippen LogP contribution < -0.4 is 11.1 Å². The summed E-state index contributed by atoms with van der Waals surface area (Å²) in [5, 5.41) is 3.22. The Hall–Kier alpha value is -1.23. The summed E-state index contributed by atoms with van der Waals surface area (Å²) in [5.74, 6) is -0.161. The molecule has 1 aromatic heterocycles. The average Bonchev–Trinajstić information content (AvgIpc) is 2.25. The van der Waals surface area contributed by atoms with Crippen LogP contribution in [-0.2, 0) is 0 Å². The minimum absolute atomic E-state index is 0.161. The molecule has 1 heterocycles. The number of aryl methyl sites for hydroxylation is 1. The molecule has 1 unspecified atom stereocenters. The second-order valence-corrected chi connectivity index (χ2v) is 4.95. The van der Waals surface area contributed by atoms with Crippen LogP contribution in [0, 0.1) is 6.92 Å². The third-order valence-electron chi connectivity index (χ3n) is 2.27. The van der Waals surface area contributed by atoms with E-state index in [2.05, 4.69) is 17.2 Å². The maximum atomic E-state index is 11.8. The summed E-state index contributed by atoms with van der Waals surface area (Å²) in [7, 11) is 0. The number of aromatic nitrogens is 1. The molecule has 0 radical (unpaired) electrons. The Labute approximate surface area is 100 Å². The number of hydrogen-bond acceptors (Lipinski definition) is 4. The van der Waals surface area contributed by atoms with Gasteiger partial charge in [0, 0.05) is 29.4 Å². The van der Waals surface area contributed by atoms with Gasteiger partial charge < -0.3 is 11.1 Å². The van der Waals surface area contributed by atoms with Crippen molar-refractivity contribution in [3.05, 3.63) is 23.5 Å². The van der Waals surface area contributed by atoms with Gasteiger partial charge in [0.1, 0.15) is 0 Å². The van der Waals surface area contributed by atoms with E-state index in [4.69, 9.17) is 5.73 Å². The number of carbonyl (C=O) groups excluding carboxylic acids is 1. The zero-order valence-electron chi connectivity index (χ0n) is 9.78. The summed E-state index contributed by atoms with van der Waals surface area (Å²) in [5.41, 5.74) is 7.48. The summed E-state index contributed by atoms with van der Waals surface area (Å²) in [6.45, 7) is 4.53. The summed E-state index contributed by atoms with van der Waals surface area (Å²) in [6, 6.07) is 1.70. The molecule has 1 amide bonds. The summed E-state index contributed by atoms with van der Waals surface area (Å²) in [4.78, 5) is 15.8. The van der Waals surface area contributed by atoms with Crippen molar-refractivity contribution in [1.29, 1.82) is 0 Å². The Kier molecular flexibility index (Phi) is 4.61. The number of nitrogens with one attached hydrogen (secondary N) is 1. The van der Waals surface area contributed by atoms with Crippen molar-refractivity contribution in [2.45, 2.75) is 19.1 Å². The molecule has 0 aliphatic rings. The monoisotopic (exact) mass is 239 g/mol. The van der Waals surface area contributed by atoms with Gasteiger partial charge in [-0.05, 0) is 19.2 Å². The van der Waals surface area contributed by atoms with Gasteiger partial charge in [-0.25, -0.2) is 0 Å². The van der Waals surface area contributed by atoms with Crippen LogP contribution in [-0.4, -0.2) is 28.9 Å². The van der Waals surface area contributed by atoms with Crippen LogP contribution in [0.25, 0.3) is 0 Å². The molecule has 0 saturated heterocycles. The molecule has 0 bridgehead atoms. The Morgan fingerprint density at radius 2 is 2.38 bits per heavy atom. The highest BCUT2D eigenvalue weighted by atomic mass is 32.2. The number of rotatable bonds is 4. The zero-order chi connectivity index (χ0) is 12.1. The van der Waals surface area contributed by atoms with E-state index in [-0.39, 0.29) is 5.91 Å². The van der Waals surface area contributed by atoms with Gasteiger partial charge in [-0.1, -0.05) is 6.92 Å². The van der Waals surface area contributed by atoms with E-state index in [1.165, 1.54) is 6.20 Å². The van der Waals surface area contributed by atoms with E-state index in [1.807, 2.05) is 13.2 Å². The molecular weight excluding hydrogens is 222 g/mol. The van der Waals surface area contributed by atoms with Crippen molar-refractivity contribution in [1.82, 2.24) is 10.3 Å². The summed E-state index contributed by atoms with van der Waals surface area (Å²) >= 11 is 1.71. The predicted molar refractivity (Wildman–Crippen MR) is 68.7 cm³/mol. The quantitative estimate of drug-likeness (QED) is 0.834. The van der Waals surface area contributed by atoms with Crippen LogP contribution in [0.3, 0.4) is 0 Å². The Bertz CT molecular complexity index is 381. The van der Waals surface area contributed by atoms with Gasteiger partial charge in [0.15, 0.2) is 0 Å². The standard InChI is InChI=1S/C11H17N3OS/c1-7-4-10(12)9(6-13-7)11(15)14-5-8(2)16-3/h4,6,8H,5H2,1-3H3,(H2,12,13)(H,14,15). The number of thioether (sulfide) groups is 1. The van der Waals surface area contributed by atoms with E-state index in [9.17, 15) is 4.79 Å². The highest BCUT2D eigenvalue weighted by Gasteiger charge is 2.10. The first-order chi connectivity index (χ1) is 7.54. The maximum absolute atomic E-state index is 11.8. The maximum Gasteiger partial charge on any atom is 0.254 e. The van der Waals surface area contributed by atoms with Crippen LogP contribution in [0.15, 0.2) is 12.3 Å². The van der Waals surface area contributed by atoms with Gasteiger partial charge in [0.2, 0.25) is 0 Å². The zero-order valence-corrected chi connectivity index (χ0v) is 10.6. The molecule has 1 rings (SSSR count). The van der Waals surface area contributed by atoms with E-state index in [0.717, 1.165) is 5.69 Å². The van der Waals surface area contributed by atoms with Crippen LogP contribution in [0.1, 0.15) is 23.0 Å². The van der Waals surface area contributed by atoms with E-state index in [0.29, 0.717) is 23.0 Å². The minimum atomic E-state index is -0.161. The normalized spacial score (nSPS) is 12.2. The number of anilines is 1. The van der Waals surface area contributed by atoms with Gasteiger partial charge in [0.25, 0.3) is 5.91 Å². The lowest BCUT2D eigenvalue weighted by atomic mass is 10.2. The van der Waals surface area contributed by atoms with Crippen LogP contribution in [0.4, 0.5) is 5.69 Å². The SMILES string of the molecule is CSC(C)CNC(=O)c1cnc(C)cc1N. The molecule has 0 saturated carbocycles. The molecule has 4 nitrogen and oxygen atoms in total. The smallest absolute Gasteiger partial charge is 0.254 e. The molecule has 88 valence electrons. The number of hydrogen-bond donors (Lipinski definition) is 2. The average molecular weight is 239 g/mol. The predicted octanol–water partition coefficient (Wildman–Crippen LogP) is 1.45. The van der Waals surface area contributed by atoms with Crippen molar-refractivity contribution >= 4 is 23.4 Å².